The van der Waals surface area contributed by atoms with Crippen LogP contribution in [0.25, 0.3) is 0 Å². The summed E-state index contributed by atoms with van der Waals surface area (Å²) in [5.74, 6) is 0. The summed E-state index contributed by atoms with van der Waals surface area (Å²) >= 11 is 0. The van der Waals surface area contributed by atoms with E-state index < -0.39 is 0 Å². The molecule has 0 spiro atoms. The van der Waals surface area contributed by atoms with Crippen LogP contribution in [0, 0.1) is 6.92 Å². The SMILES string of the molecule is [CH2]c1cc(CCCCCCCC)cc(CCCCCCCC)c1. The third-order valence-electron chi connectivity index (χ3n) is 4.75. The van der Waals surface area contributed by atoms with Gasteiger partial charge in [-0.2, -0.15) is 0 Å². The highest BCUT2D eigenvalue weighted by atomic mass is 14.1. The van der Waals surface area contributed by atoms with Gasteiger partial charge in [-0.25, -0.2) is 0 Å². The van der Waals surface area contributed by atoms with Crippen molar-refractivity contribution in [1.82, 2.24) is 0 Å². The molecule has 23 heavy (non-hydrogen) atoms. The molecule has 0 nitrogen and oxygen atoms in total. The molecular weight excluding hydrogens is 276 g/mol. The molecule has 1 radical (unpaired) electrons. The van der Waals surface area contributed by atoms with Crippen LogP contribution in [-0.4, -0.2) is 0 Å². The van der Waals surface area contributed by atoms with Gasteiger partial charge in [0.15, 0.2) is 0 Å². The zero-order chi connectivity index (χ0) is 16.8. The van der Waals surface area contributed by atoms with E-state index >= 15 is 0 Å². The van der Waals surface area contributed by atoms with Crippen LogP contribution in [0.1, 0.15) is 108 Å². The van der Waals surface area contributed by atoms with Crippen LogP contribution in [0.2, 0.25) is 0 Å². The first kappa shape index (κ1) is 20.3. The smallest absolute Gasteiger partial charge is 0.0238 e. The lowest BCUT2D eigenvalue weighted by Crippen LogP contribution is -1.93. The average Bonchev–Trinajstić information content (AvgIpc) is 2.53. The number of unbranched alkanes of at least 4 members (excludes halogenated alkanes) is 10. The van der Waals surface area contributed by atoms with Crippen molar-refractivity contribution in [3.63, 3.8) is 0 Å². The van der Waals surface area contributed by atoms with Crippen LogP contribution < -0.4 is 0 Å². The Morgan fingerprint density at radius 2 is 0.957 bits per heavy atom. The van der Waals surface area contributed by atoms with E-state index in [1.165, 1.54) is 107 Å². The Morgan fingerprint density at radius 3 is 1.39 bits per heavy atom. The van der Waals surface area contributed by atoms with E-state index in [4.69, 9.17) is 0 Å². The Hall–Kier alpha value is -0.780. The Bertz CT molecular complexity index is 357. The van der Waals surface area contributed by atoms with Crippen molar-refractivity contribution in [2.24, 2.45) is 0 Å². The van der Waals surface area contributed by atoms with E-state index in [2.05, 4.69) is 39.0 Å². The van der Waals surface area contributed by atoms with Crippen molar-refractivity contribution in [1.29, 1.82) is 0 Å². The average molecular weight is 316 g/mol. The summed E-state index contributed by atoms with van der Waals surface area (Å²) in [5, 5.41) is 0. The summed E-state index contributed by atoms with van der Waals surface area (Å²) < 4.78 is 0. The second kappa shape index (κ2) is 13.6. The van der Waals surface area contributed by atoms with E-state index in [0.29, 0.717) is 0 Å². The third kappa shape index (κ3) is 10.6. The standard InChI is InChI=1S/C23H39/c1-4-6-8-10-12-14-16-22-18-21(3)19-23(20-22)17-15-13-11-9-7-5-2/h18-20H,3-17H2,1-2H3. The van der Waals surface area contributed by atoms with Gasteiger partial charge in [-0.1, -0.05) is 96.3 Å². The first-order chi connectivity index (χ1) is 11.3. The van der Waals surface area contributed by atoms with Crippen LogP contribution in [0.5, 0.6) is 0 Å². The number of hydrogen-bond acceptors (Lipinski definition) is 0. The number of hydrogen-bond donors (Lipinski definition) is 0. The van der Waals surface area contributed by atoms with Crippen LogP contribution in [0.4, 0.5) is 0 Å². The van der Waals surface area contributed by atoms with E-state index in [0.717, 1.165) is 0 Å². The summed E-state index contributed by atoms with van der Waals surface area (Å²) in [6.07, 6.45) is 19.0. The van der Waals surface area contributed by atoms with Gasteiger partial charge in [0, 0.05) is 0 Å². The molecule has 0 saturated heterocycles. The molecule has 0 aromatic heterocycles. The first-order valence-corrected chi connectivity index (χ1v) is 10.2. The fourth-order valence-electron chi connectivity index (χ4n) is 3.35. The van der Waals surface area contributed by atoms with Crippen molar-refractivity contribution in [2.45, 2.75) is 104 Å². The highest BCUT2D eigenvalue weighted by Gasteiger charge is 2.00. The highest BCUT2D eigenvalue weighted by Crippen LogP contribution is 2.16. The van der Waals surface area contributed by atoms with E-state index in [1.807, 2.05) is 0 Å². The van der Waals surface area contributed by atoms with Gasteiger partial charge in [0.05, 0.1) is 0 Å². The van der Waals surface area contributed by atoms with Gasteiger partial charge in [-0.3, -0.25) is 0 Å². The predicted molar refractivity (Wildman–Crippen MR) is 105 cm³/mol. The quantitative estimate of drug-likeness (QED) is 0.309. The van der Waals surface area contributed by atoms with Gasteiger partial charge < -0.3 is 0 Å². The molecule has 0 N–H and O–H groups in total. The molecule has 0 bridgehead atoms. The molecule has 0 atom stereocenters. The summed E-state index contributed by atoms with van der Waals surface area (Å²) in [5.41, 5.74) is 4.22. The topological polar surface area (TPSA) is 0 Å². The maximum absolute atomic E-state index is 4.18. The van der Waals surface area contributed by atoms with E-state index in [9.17, 15) is 0 Å². The zero-order valence-corrected chi connectivity index (χ0v) is 15.8. The van der Waals surface area contributed by atoms with Crippen LogP contribution in [-0.2, 0) is 12.8 Å². The van der Waals surface area contributed by atoms with Gasteiger partial charge in [0.1, 0.15) is 0 Å². The highest BCUT2D eigenvalue weighted by molar-refractivity contribution is 5.32. The van der Waals surface area contributed by atoms with Crippen molar-refractivity contribution < 1.29 is 0 Å². The summed E-state index contributed by atoms with van der Waals surface area (Å²) in [7, 11) is 0. The van der Waals surface area contributed by atoms with Crippen LogP contribution >= 0.6 is 0 Å². The molecule has 0 aliphatic rings. The van der Waals surface area contributed by atoms with Gasteiger partial charge in [-0.05, 0) is 49.3 Å². The Kier molecular flexibility index (Phi) is 12.0. The maximum atomic E-state index is 4.18. The largest absolute Gasteiger partial charge is 0.0654 e. The maximum Gasteiger partial charge on any atom is -0.0238 e. The predicted octanol–water partition coefficient (Wildman–Crippen LogP) is 7.67. The lowest BCUT2D eigenvalue weighted by molar-refractivity contribution is 0.604. The van der Waals surface area contributed by atoms with E-state index in [1.54, 1.807) is 0 Å². The minimum Gasteiger partial charge on any atom is -0.0654 e. The second-order valence-electron chi connectivity index (χ2n) is 7.19. The Balaban J connectivity index is 2.25. The first-order valence-electron chi connectivity index (χ1n) is 10.2. The number of benzene rings is 1. The zero-order valence-electron chi connectivity index (χ0n) is 15.8. The summed E-state index contributed by atoms with van der Waals surface area (Å²) in [6.45, 7) is 8.75. The number of rotatable bonds is 14. The Morgan fingerprint density at radius 1 is 0.565 bits per heavy atom. The van der Waals surface area contributed by atoms with Crippen molar-refractivity contribution in [3.05, 3.63) is 41.8 Å². The van der Waals surface area contributed by atoms with Gasteiger partial charge in [0.2, 0.25) is 0 Å². The van der Waals surface area contributed by atoms with Crippen LogP contribution in [0.3, 0.4) is 0 Å². The van der Waals surface area contributed by atoms with Gasteiger partial charge in [-0.15, -0.1) is 0 Å². The van der Waals surface area contributed by atoms with Gasteiger partial charge >= 0.3 is 0 Å². The molecule has 131 valence electrons. The number of aryl methyl sites for hydroxylation is 2. The molecule has 1 aromatic rings. The van der Waals surface area contributed by atoms with Crippen LogP contribution in [0.15, 0.2) is 18.2 Å². The van der Waals surface area contributed by atoms with E-state index in [-0.39, 0.29) is 0 Å². The molecule has 0 saturated carbocycles. The second-order valence-corrected chi connectivity index (χ2v) is 7.19. The summed E-state index contributed by atoms with van der Waals surface area (Å²) in [4.78, 5) is 0. The van der Waals surface area contributed by atoms with Crippen molar-refractivity contribution >= 4 is 0 Å². The molecule has 0 heteroatoms. The van der Waals surface area contributed by atoms with Gasteiger partial charge in [0.25, 0.3) is 0 Å². The molecule has 0 aliphatic carbocycles. The third-order valence-corrected chi connectivity index (χ3v) is 4.75. The minimum atomic E-state index is 1.20. The molecule has 0 unspecified atom stereocenters. The molecular formula is C23H39. The molecule has 0 amide bonds. The minimum absolute atomic E-state index is 1.20. The fourth-order valence-corrected chi connectivity index (χ4v) is 3.35. The molecule has 0 fully saturated rings. The molecule has 0 aliphatic heterocycles. The lowest BCUT2D eigenvalue weighted by Gasteiger charge is -2.08. The normalized spacial score (nSPS) is 11.1. The van der Waals surface area contributed by atoms with Crippen molar-refractivity contribution in [2.75, 3.05) is 0 Å². The molecule has 0 heterocycles. The lowest BCUT2D eigenvalue weighted by atomic mass is 9.98. The fraction of sp³-hybridized carbons (Fsp3) is 0.696. The molecule has 1 aromatic carbocycles. The molecule has 1 rings (SSSR count). The van der Waals surface area contributed by atoms with Crippen molar-refractivity contribution in [3.8, 4) is 0 Å². The Labute approximate surface area is 146 Å². The monoisotopic (exact) mass is 315 g/mol. The summed E-state index contributed by atoms with van der Waals surface area (Å²) in [6, 6.07) is 7.01.